The van der Waals surface area contributed by atoms with Gasteiger partial charge in [-0.2, -0.15) is 0 Å². The average Bonchev–Trinajstić information content (AvgIpc) is 2.58. The van der Waals surface area contributed by atoms with Gasteiger partial charge in [0.1, 0.15) is 5.82 Å². The number of aromatic nitrogens is 1. The molecular formula is C18H34IN5. The third-order valence-corrected chi connectivity index (χ3v) is 3.49. The van der Waals surface area contributed by atoms with Crippen LogP contribution in [-0.2, 0) is 0 Å². The molecule has 0 saturated heterocycles. The van der Waals surface area contributed by atoms with E-state index in [2.05, 4.69) is 39.8 Å². The normalized spacial score (nSPS) is 10.8. The van der Waals surface area contributed by atoms with Crippen LogP contribution < -0.4 is 16.0 Å². The van der Waals surface area contributed by atoms with Gasteiger partial charge in [-0.05, 0) is 38.3 Å². The lowest BCUT2D eigenvalue weighted by molar-refractivity contribution is 0.667. The van der Waals surface area contributed by atoms with Gasteiger partial charge in [-0.15, -0.1) is 24.0 Å². The highest BCUT2D eigenvalue weighted by atomic mass is 127. The maximum Gasteiger partial charge on any atom is 0.191 e. The molecule has 1 heterocycles. The minimum atomic E-state index is 0. The topological polar surface area (TPSA) is 61.3 Å². The van der Waals surface area contributed by atoms with Crippen LogP contribution in [0.2, 0.25) is 0 Å². The molecule has 0 saturated carbocycles. The number of unbranched alkanes of at least 4 members (excludes halogenated alkanes) is 4. The molecule has 0 spiro atoms. The molecule has 0 unspecified atom stereocenters. The summed E-state index contributed by atoms with van der Waals surface area (Å²) in [6.45, 7) is 8.05. The van der Waals surface area contributed by atoms with Crippen LogP contribution in [-0.4, -0.2) is 37.1 Å². The quantitative estimate of drug-likeness (QED) is 0.196. The van der Waals surface area contributed by atoms with Crippen molar-refractivity contribution in [1.82, 2.24) is 15.6 Å². The number of nitrogens with one attached hydrogen (secondary N) is 3. The van der Waals surface area contributed by atoms with Crippen molar-refractivity contribution >= 4 is 35.8 Å². The number of rotatable bonds is 12. The van der Waals surface area contributed by atoms with E-state index in [1.54, 1.807) is 0 Å². The van der Waals surface area contributed by atoms with Gasteiger partial charge in [0.05, 0.1) is 0 Å². The average molecular weight is 447 g/mol. The number of hydrogen-bond donors (Lipinski definition) is 3. The summed E-state index contributed by atoms with van der Waals surface area (Å²) in [7, 11) is 0. The van der Waals surface area contributed by atoms with Crippen molar-refractivity contribution in [2.75, 3.05) is 31.5 Å². The van der Waals surface area contributed by atoms with Gasteiger partial charge in [0.15, 0.2) is 5.96 Å². The third-order valence-electron chi connectivity index (χ3n) is 3.49. The second-order valence-electron chi connectivity index (χ2n) is 5.60. The highest BCUT2D eigenvalue weighted by molar-refractivity contribution is 14.0. The van der Waals surface area contributed by atoms with E-state index in [1.165, 1.54) is 25.7 Å². The van der Waals surface area contributed by atoms with Gasteiger partial charge in [0.25, 0.3) is 0 Å². The van der Waals surface area contributed by atoms with Crippen molar-refractivity contribution in [2.45, 2.75) is 52.4 Å². The van der Waals surface area contributed by atoms with E-state index in [4.69, 9.17) is 0 Å². The Kier molecular flexibility index (Phi) is 16.1. The van der Waals surface area contributed by atoms with Crippen LogP contribution in [0.1, 0.15) is 52.4 Å². The summed E-state index contributed by atoms with van der Waals surface area (Å²) >= 11 is 0. The number of nitrogens with zero attached hydrogens (tertiary/aromatic N) is 2. The predicted octanol–water partition coefficient (Wildman–Crippen LogP) is 4.03. The van der Waals surface area contributed by atoms with Gasteiger partial charge in [0, 0.05) is 32.4 Å². The molecule has 24 heavy (non-hydrogen) atoms. The van der Waals surface area contributed by atoms with Crippen LogP contribution >= 0.6 is 24.0 Å². The predicted molar refractivity (Wildman–Crippen MR) is 115 cm³/mol. The number of guanidine groups is 1. The molecule has 0 amide bonds. The fourth-order valence-electron chi connectivity index (χ4n) is 2.21. The fourth-order valence-corrected chi connectivity index (χ4v) is 2.21. The minimum absolute atomic E-state index is 0. The molecule has 0 aliphatic carbocycles. The second-order valence-corrected chi connectivity index (χ2v) is 5.60. The summed E-state index contributed by atoms with van der Waals surface area (Å²) in [5.74, 6) is 1.89. The standard InChI is InChI=1S/C18H33N5.HI/c1-3-5-6-8-15-22-18(19-4-2)23-16-11-10-14-21-17-12-7-9-13-20-17;/h7,9,12-13H,3-6,8,10-11,14-16H2,1-2H3,(H,20,21)(H2,19,22,23);1H. The zero-order valence-electron chi connectivity index (χ0n) is 15.2. The Bertz CT molecular complexity index is 411. The summed E-state index contributed by atoms with van der Waals surface area (Å²) in [5, 5.41) is 10.0. The molecule has 0 radical (unpaired) electrons. The summed E-state index contributed by atoms with van der Waals surface area (Å²) in [6, 6.07) is 5.92. The first-order valence-corrected chi connectivity index (χ1v) is 9.04. The van der Waals surface area contributed by atoms with E-state index < -0.39 is 0 Å². The third kappa shape index (κ3) is 12.4. The SMILES string of the molecule is CCCCCCN=C(NCC)NCCCCNc1ccccn1.I. The van der Waals surface area contributed by atoms with Crippen molar-refractivity contribution in [3.05, 3.63) is 24.4 Å². The lowest BCUT2D eigenvalue weighted by Crippen LogP contribution is -2.38. The van der Waals surface area contributed by atoms with E-state index in [9.17, 15) is 0 Å². The molecule has 0 fully saturated rings. The van der Waals surface area contributed by atoms with Gasteiger partial charge >= 0.3 is 0 Å². The molecule has 0 aliphatic rings. The molecule has 1 aromatic rings. The van der Waals surface area contributed by atoms with Crippen LogP contribution in [0.4, 0.5) is 5.82 Å². The smallest absolute Gasteiger partial charge is 0.191 e. The van der Waals surface area contributed by atoms with Crippen molar-refractivity contribution in [3.63, 3.8) is 0 Å². The van der Waals surface area contributed by atoms with Crippen LogP contribution in [0.5, 0.6) is 0 Å². The number of anilines is 1. The van der Waals surface area contributed by atoms with Crippen molar-refractivity contribution < 1.29 is 0 Å². The Morgan fingerprint density at radius 1 is 1.00 bits per heavy atom. The highest BCUT2D eigenvalue weighted by Crippen LogP contribution is 2.00. The molecule has 3 N–H and O–H groups in total. The van der Waals surface area contributed by atoms with Crippen LogP contribution in [0, 0.1) is 0 Å². The van der Waals surface area contributed by atoms with Crippen molar-refractivity contribution in [1.29, 1.82) is 0 Å². The number of halogens is 1. The molecule has 6 heteroatoms. The molecule has 0 aromatic carbocycles. The maximum atomic E-state index is 4.62. The Morgan fingerprint density at radius 3 is 2.54 bits per heavy atom. The Morgan fingerprint density at radius 2 is 1.83 bits per heavy atom. The van der Waals surface area contributed by atoms with E-state index >= 15 is 0 Å². The first-order valence-electron chi connectivity index (χ1n) is 9.04. The fraction of sp³-hybridized carbons (Fsp3) is 0.667. The Balaban J connectivity index is 0.00000529. The minimum Gasteiger partial charge on any atom is -0.370 e. The molecule has 5 nitrogen and oxygen atoms in total. The first kappa shape index (κ1) is 22.9. The van der Waals surface area contributed by atoms with Crippen LogP contribution in [0.3, 0.4) is 0 Å². The molecule has 0 bridgehead atoms. The van der Waals surface area contributed by atoms with Crippen molar-refractivity contribution in [2.24, 2.45) is 4.99 Å². The largest absolute Gasteiger partial charge is 0.370 e. The van der Waals surface area contributed by atoms with E-state index in [-0.39, 0.29) is 24.0 Å². The van der Waals surface area contributed by atoms with Gasteiger partial charge in [-0.3, -0.25) is 4.99 Å². The lowest BCUT2D eigenvalue weighted by Gasteiger charge is -2.11. The highest BCUT2D eigenvalue weighted by Gasteiger charge is 1.97. The van der Waals surface area contributed by atoms with E-state index in [0.29, 0.717) is 0 Å². The van der Waals surface area contributed by atoms with Gasteiger partial charge in [0.2, 0.25) is 0 Å². The zero-order chi connectivity index (χ0) is 16.6. The number of aliphatic imine (C=N–C) groups is 1. The molecule has 0 aliphatic heterocycles. The van der Waals surface area contributed by atoms with Gasteiger partial charge < -0.3 is 16.0 Å². The van der Waals surface area contributed by atoms with E-state index in [1.807, 2.05) is 24.4 Å². The first-order chi connectivity index (χ1) is 11.4. The monoisotopic (exact) mass is 447 g/mol. The molecule has 1 aromatic heterocycles. The second kappa shape index (κ2) is 16.8. The molecule has 0 atom stereocenters. The lowest BCUT2D eigenvalue weighted by atomic mass is 10.2. The molecule has 1 rings (SSSR count). The maximum absolute atomic E-state index is 4.62. The summed E-state index contributed by atoms with van der Waals surface area (Å²) in [5.41, 5.74) is 0. The molecular weight excluding hydrogens is 413 g/mol. The van der Waals surface area contributed by atoms with Crippen LogP contribution in [0.15, 0.2) is 29.4 Å². The zero-order valence-corrected chi connectivity index (χ0v) is 17.5. The Labute approximate surface area is 164 Å². The Hall–Kier alpha value is -1.05. The molecule has 138 valence electrons. The number of hydrogen-bond acceptors (Lipinski definition) is 3. The number of pyridine rings is 1. The van der Waals surface area contributed by atoms with Crippen LogP contribution in [0.25, 0.3) is 0 Å². The van der Waals surface area contributed by atoms with Crippen molar-refractivity contribution in [3.8, 4) is 0 Å². The van der Waals surface area contributed by atoms with E-state index in [0.717, 1.165) is 50.8 Å². The summed E-state index contributed by atoms with van der Waals surface area (Å²) in [6.07, 6.45) is 9.07. The van der Waals surface area contributed by atoms with Gasteiger partial charge in [-0.25, -0.2) is 4.98 Å². The summed E-state index contributed by atoms with van der Waals surface area (Å²) < 4.78 is 0. The summed E-state index contributed by atoms with van der Waals surface area (Å²) in [4.78, 5) is 8.87. The van der Waals surface area contributed by atoms with Gasteiger partial charge in [-0.1, -0.05) is 32.3 Å².